The summed E-state index contributed by atoms with van der Waals surface area (Å²) in [4.78, 5) is 41.9. The first-order valence-corrected chi connectivity index (χ1v) is 11.9. The van der Waals surface area contributed by atoms with Gasteiger partial charge in [0.2, 0.25) is 5.91 Å². The standard InChI is InChI=1S/C24H27ClN6O2/c25-18-5-7-19(8-6-18)27-24(33)30-13-9-16(10-14-30)23(32)31-12-2-3-17(15-31)21-28-20-4-1-11-26-22(20)29-21/h1,4-8,11,16-17H,2-3,9-10,12-15H2,(H,27,33)(H,26,28,29). The first-order valence-electron chi connectivity index (χ1n) is 11.5. The number of aromatic nitrogens is 3. The number of hydrogen-bond acceptors (Lipinski definition) is 4. The number of urea groups is 1. The third-order valence-electron chi connectivity index (χ3n) is 6.62. The second kappa shape index (κ2) is 9.39. The van der Waals surface area contributed by atoms with E-state index in [1.54, 1.807) is 35.4 Å². The number of nitrogens with one attached hydrogen (secondary N) is 2. The van der Waals surface area contributed by atoms with Gasteiger partial charge in [0.25, 0.3) is 0 Å². The Kier molecular flexibility index (Phi) is 6.17. The van der Waals surface area contributed by atoms with E-state index in [0.29, 0.717) is 43.2 Å². The van der Waals surface area contributed by atoms with E-state index in [1.165, 1.54) is 0 Å². The molecule has 2 fully saturated rings. The minimum Gasteiger partial charge on any atom is -0.342 e. The lowest BCUT2D eigenvalue weighted by atomic mass is 9.92. The Morgan fingerprint density at radius 2 is 1.82 bits per heavy atom. The summed E-state index contributed by atoms with van der Waals surface area (Å²) >= 11 is 5.90. The van der Waals surface area contributed by atoms with E-state index < -0.39 is 0 Å². The van der Waals surface area contributed by atoms with Crippen molar-refractivity contribution in [3.63, 3.8) is 0 Å². The van der Waals surface area contributed by atoms with Gasteiger partial charge in [-0.1, -0.05) is 11.6 Å². The van der Waals surface area contributed by atoms with E-state index in [2.05, 4.69) is 20.3 Å². The van der Waals surface area contributed by atoms with Crippen LogP contribution in [0.15, 0.2) is 42.6 Å². The number of benzene rings is 1. The largest absolute Gasteiger partial charge is 0.342 e. The van der Waals surface area contributed by atoms with Crippen LogP contribution in [0.2, 0.25) is 5.02 Å². The molecule has 2 saturated heterocycles. The highest BCUT2D eigenvalue weighted by Crippen LogP contribution is 2.29. The Morgan fingerprint density at radius 1 is 1.03 bits per heavy atom. The quantitative estimate of drug-likeness (QED) is 0.603. The van der Waals surface area contributed by atoms with Crippen molar-refractivity contribution in [1.82, 2.24) is 24.8 Å². The number of anilines is 1. The van der Waals surface area contributed by atoms with Crippen LogP contribution in [0.4, 0.5) is 10.5 Å². The molecule has 0 radical (unpaired) electrons. The Hall–Kier alpha value is -3.13. The van der Waals surface area contributed by atoms with Crippen LogP contribution in [0.25, 0.3) is 11.2 Å². The third kappa shape index (κ3) is 4.80. The maximum absolute atomic E-state index is 13.3. The van der Waals surface area contributed by atoms with Crippen molar-refractivity contribution in [2.45, 2.75) is 31.6 Å². The Morgan fingerprint density at radius 3 is 2.58 bits per heavy atom. The van der Waals surface area contributed by atoms with E-state index in [9.17, 15) is 9.59 Å². The van der Waals surface area contributed by atoms with Gasteiger partial charge in [0.1, 0.15) is 5.82 Å². The number of carbonyl (C=O) groups is 2. The summed E-state index contributed by atoms with van der Waals surface area (Å²) < 4.78 is 0. The van der Waals surface area contributed by atoms with Crippen LogP contribution in [0.5, 0.6) is 0 Å². The van der Waals surface area contributed by atoms with E-state index in [-0.39, 0.29) is 23.8 Å². The minimum atomic E-state index is -0.139. The molecule has 0 saturated carbocycles. The minimum absolute atomic E-state index is 0.0410. The number of hydrogen-bond donors (Lipinski definition) is 2. The van der Waals surface area contributed by atoms with Crippen LogP contribution in [0, 0.1) is 5.92 Å². The molecule has 3 amide bonds. The number of nitrogens with zero attached hydrogens (tertiary/aromatic N) is 4. The maximum Gasteiger partial charge on any atom is 0.321 e. The molecule has 172 valence electrons. The molecule has 2 N–H and O–H groups in total. The zero-order valence-electron chi connectivity index (χ0n) is 18.3. The fourth-order valence-corrected chi connectivity index (χ4v) is 4.91. The van der Waals surface area contributed by atoms with Crippen molar-refractivity contribution >= 4 is 40.4 Å². The van der Waals surface area contributed by atoms with E-state index in [0.717, 1.165) is 36.4 Å². The average Bonchev–Trinajstić information content (AvgIpc) is 3.30. The van der Waals surface area contributed by atoms with Crippen LogP contribution in [-0.4, -0.2) is 62.9 Å². The summed E-state index contributed by atoms with van der Waals surface area (Å²) in [6.07, 6.45) is 5.08. The number of aromatic amines is 1. The monoisotopic (exact) mass is 466 g/mol. The number of likely N-dealkylation sites (tertiary alicyclic amines) is 2. The highest BCUT2D eigenvalue weighted by atomic mass is 35.5. The predicted molar refractivity (Wildman–Crippen MR) is 127 cm³/mol. The van der Waals surface area contributed by atoms with Gasteiger partial charge in [-0.25, -0.2) is 14.8 Å². The van der Waals surface area contributed by atoms with Crippen molar-refractivity contribution in [3.8, 4) is 0 Å². The van der Waals surface area contributed by atoms with E-state index >= 15 is 0 Å². The maximum atomic E-state index is 13.3. The molecule has 0 spiro atoms. The molecule has 1 aromatic carbocycles. The molecule has 5 rings (SSSR count). The summed E-state index contributed by atoms with van der Waals surface area (Å²) in [7, 11) is 0. The van der Waals surface area contributed by atoms with Gasteiger partial charge in [0, 0.05) is 54.9 Å². The van der Waals surface area contributed by atoms with Crippen LogP contribution >= 0.6 is 11.6 Å². The molecular weight excluding hydrogens is 440 g/mol. The first-order chi connectivity index (χ1) is 16.1. The van der Waals surface area contributed by atoms with Gasteiger partial charge in [-0.05, 0) is 62.1 Å². The summed E-state index contributed by atoms with van der Waals surface area (Å²) in [5.74, 6) is 1.27. The Labute approximate surface area is 197 Å². The fourth-order valence-electron chi connectivity index (χ4n) is 4.78. The highest BCUT2D eigenvalue weighted by molar-refractivity contribution is 6.30. The second-order valence-electron chi connectivity index (χ2n) is 8.82. The van der Waals surface area contributed by atoms with Crippen molar-refractivity contribution in [2.75, 3.05) is 31.5 Å². The lowest BCUT2D eigenvalue weighted by Crippen LogP contribution is -2.47. The number of carbonyl (C=O) groups excluding carboxylic acids is 2. The van der Waals surface area contributed by atoms with Gasteiger partial charge in [-0.15, -0.1) is 0 Å². The van der Waals surface area contributed by atoms with Crippen LogP contribution in [0.1, 0.15) is 37.4 Å². The summed E-state index contributed by atoms with van der Waals surface area (Å²) in [6.45, 7) is 2.60. The predicted octanol–water partition coefficient (Wildman–Crippen LogP) is 4.26. The van der Waals surface area contributed by atoms with Crippen LogP contribution in [-0.2, 0) is 4.79 Å². The smallest absolute Gasteiger partial charge is 0.321 e. The molecule has 8 nitrogen and oxygen atoms in total. The van der Waals surface area contributed by atoms with Crippen LogP contribution < -0.4 is 5.32 Å². The molecule has 3 aromatic rings. The van der Waals surface area contributed by atoms with Gasteiger partial charge in [0.05, 0.1) is 5.52 Å². The number of halogens is 1. The molecular formula is C24H27ClN6O2. The summed E-state index contributed by atoms with van der Waals surface area (Å²) in [6, 6.07) is 10.8. The van der Waals surface area contributed by atoms with Crippen molar-refractivity contribution < 1.29 is 9.59 Å². The SMILES string of the molecule is O=C(Nc1ccc(Cl)cc1)N1CCC(C(=O)N2CCCC(c3nc4ncccc4[nH]3)C2)CC1. The van der Waals surface area contributed by atoms with E-state index in [1.807, 2.05) is 17.0 Å². The first kappa shape index (κ1) is 21.7. The second-order valence-corrected chi connectivity index (χ2v) is 9.25. The van der Waals surface area contributed by atoms with Crippen molar-refractivity contribution in [2.24, 2.45) is 5.92 Å². The molecule has 2 aliphatic rings. The number of pyridine rings is 1. The number of rotatable bonds is 3. The number of H-pyrrole nitrogens is 1. The lowest BCUT2D eigenvalue weighted by Gasteiger charge is -2.37. The van der Waals surface area contributed by atoms with Gasteiger partial charge in [-0.3, -0.25) is 4.79 Å². The molecule has 0 aliphatic carbocycles. The normalized spacial score (nSPS) is 19.6. The van der Waals surface area contributed by atoms with E-state index in [4.69, 9.17) is 11.6 Å². The number of fused-ring (bicyclic) bond motifs is 1. The van der Waals surface area contributed by atoms with Gasteiger partial charge >= 0.3 is 6.03 Å². The molecule has 33 heavy (non-hydrogen) atoms. The third-order valence-corrected chi connectivity index (χ3v) is 6.87. The lowest BCUT2D eigenvalue weighted by molar-refractivity contribution is -0.138. The number of amides is 3. The zero-order valence-corrected chi connectivity index (χ0v) is 19.1. The zero-order chi connectivity index (χ0) is 22.8. The number of piperidine rings is 2. The molecule has 2 aliphatic heterocycles. The molecule has 2 aromatic heterocycles. The molecule has 0 bridgehead atoms. The molecule has 9 heteroatoms. The summed E-state index contributed by atoms with van der Waals surface area (Å²) in [5.41, 5.74) is 2.36. The fraction of sp³-hybridized carbons (Fsp3) is 0.417. The van der Waals surface area contributed by atoms with Gasteiger partial charge < -0.3 is 20.1 Å². The Bertz CT molecular complexity index is 1110. The average molecular weight is 467 g/mol. The molecule has 1 unspecified atom stereocenters. The van der Waals surface area contributed by atoms with Crippen molar-refractivity contribution in [1.29, 1.82) is 0 Å². The summed E-state index contributed by atoms with van der Waals surface area (Å²) in [5, 5.41) is 3.53. The van der Waals surface area contributed by atoms with Gasteiger partial charge in [0.15, 0.2) is 5.65 Å². The highest BCUT2D eigenvalue weighted by Gasteiger charge is 2.33. The molecule has 4 heterocycles. The van der Waals surface area contributed by atoms with Crippen molar-refractivity contribution in [3.05, 3.63) is 53.4 Å². The Balaban J connectivity index is 1.15. The topological polar surface area (TPSA) is 94.2 Å². The molecule has 1 atom stereocenters. The van der Waals surface area contributed by atoms with Gasteiger partial charge in [-0.2, -0.15) is 0 Å². The number of imidazole rings is 1. The van der Waals surface area contributed by atoms with Crippen LogP contribution in [0.3, 0.4) is 0 Å².